The summed E-state index contributed by atoms with van der Waals surface area (Å²) in [6, 6.07) is 42.7. The van der Waals surface area contributed by atoms with Gasteiger partial charge in [-0.05, 0) is 112 Å². The van der Waals surface area contributed by atoms with Gasteiger partial charge in [-0.25, -0.2) is 0 Å². The number of aromatic hydroxyl groups is 1. The fourth-order valence-corrected chi connectivity index (χ4v) is 5.59. The highest BCUT2D eigenvalue weighted by molar-refractivity contribution is 5.83. The van der Waals surface area contributed by atoms with Crippen molar-refractivity contribution in [3.63, 3.8) is 0 Å². The van der Waals surface area contributed by atoms with Gasteiger partial charge in [-0.15, -0.1) is 0 Å². The minimum absolute atomic E-state index is 0.210. The van der Waals surface area contributed by atoms with E-state index >= 15 is 0 Å². The molecule has 7 aromatic rings. The second-order valence-electron chi connectivity index (χ2n) is 11.7. The molecule has 0 spiro atoms. The van der Waals surface area contributed by atoms with Gasteiger partial charge in [0.15, 0.2) is 0 Å². The Morgan fingerprint density at radius 1 is 0.360 bits per heavy atom. The highest BCUT2D eigenvalue weighted by atomic mass is 16.3. The molecule has 0 saturated heterocycles. The Morgan fingerprint density at radius 2 is 0.680 bits per heavy atom. The monoisotopic (exact) mass is 646 g/mol. The lowest BCUT2D eigenvalue weighted by molar-refractivity contribution is 0.477. The molecular formula is C45H34N4O. The molecule has 0 aliphatic carbocycles. The van der Waals surface area contributed by atoms with Crippen LogP contribution in [-0.4, -0.2) is 20.1 Å². The molecular weight excluding hydrogens is 613 g/mol. The standard InChI is InChI=1S/C45H34N4O/c50-45-33-43(19-20-44(45)40-13-7-34(8-14-40)1-4-37-21-27-46-28-22-37)49(41-15-9-35(10-16-41)2-5-38-23-29-47-30-24-38)42-17-11-36(12-18-42)3-6-39-25-31-48-32-26-39/h1-33,50H. The third-order valence-electron chi connectivity index (χ3n) is 8.29. The predicted octanol–water partition coefficient (Wildman–Crippen LogP) is 11.2. The van der Waals surface area contributed by atoms with Crippen LogP contribution in [0.1, 0.15) is 33.4 Å². The second-order valence-corrected chi connectivity index (χ2v) is 11.7. The number of benzene rings is 4. The molecule has 0 unspecified atom stereocenters. The van der Waals surface area contributed by atoms with Crippen LogP contribution in [0.5, 0.6) is 5.75 Å². The van der Waals surface area contributed by atoms with Gasteiger partial charge in [0.05, 0.1) is 0 Å². The van der Waals surface area contributed by atoms with Gasteiger partial charge in [-0.1, -0.05) is 85.0 Å². The van der Waals surface area contributed by atoms with Crippen molar-refractivity contribution in [3.05, 3.63) is 198 Å². The molecule has 1 N–H and O–H groups in total. The Labute approximate surface area is 292 Å². The van der Waals surface area contributed by atoms with Crippen LogP contribution in [0.2, 0.25) is 0 Å². The molecule has 0 saturated carbocycles. The van der Waals surface area contributed by atoms with E-state index in [0.717, 1.165) is 61.6 Å². The molecule has 3 heterocycles. The van der Waals surface area contributed by atoms with E-state index in [0.29, 0.717) is 0 Å². The highest BCUT2D eigenvalue weighted by Crippen LogP contribution is 2.40. The first-order valence-corrected chi connectivity index (χ1v) is 16.4. The maximum atomic E-state index is 11.4. The van der Waals surface area contributed by atoms with Crippen LogP contribution in [0.25, 0.3) is 47.6 Å². The van der Waals surface area contributed by atoms with Crippen LogP contribution < -0.4 is 4.90 Å². The van der Waals surface area contributed by atoms with Crippen LogP contribution in [-0.2, 0) is 0 Å². The topological polar surface area (TPSA) is 62.1 Å². The van der Waals surface area contributed by atoms with Crippen molar-refractivity contribution in [1.29, 1.82) is 0 Å². The Balaban J connectivity index is 1.17. The summed E-state index contributed by atoms with van der Waals surface area (Å²) in [6.07, 6.45) is 23.2. The van der Waals surface area contributed by atoms with Crippen LogP contribution in [0, 0.1) is 0 Å². The largest absolute Gasteiger partial charge is 0.507 e. The average molecular weight is 647 g/mol. The SMILES string of the molecule is Oc1cc(N(c2ccc(C=Cc3ccncc3)cc2)c2ccc(C=Cc3ccncc3)cc2)ccc1-c1ccc(C=Cc2ccncc2)cc1. The number of phenolic OH excluding ortho intramolecular Hbond substituents is 1. The summed E-state index contributed by atoms with van der Waals surface area (Å²) in [5.74, 6) is 0.210. The third kappa shape index (κ3) is 7.98. The smallest absolute Gasteiger partial charge is 0.125 e. The first kappa shape index (κ1) is 31.7. The molecule has 0 radical (unpaired) electrons. The fourth-order valence-electron chi connectivity index (χ4n) is 5.59. The second kappa shape index (κ2) is 15.4. The zero-order valence-corrected chi connectivity index (χ0v) is 27.3. The van der Waals surface area contributed by atoms with E-state index in [2.05, 4.69) is 123 Å². The summed E-state index contributed by atoms with van der Waals surface area (Å²) in [5.41, 5.74) is 11.0. The van der Waals surface area contributed by atoms with Crippen molar-refractivity contribution in [3.8, 4) is 16.9 Å². The number of phenols is 1. The maximum absolute atomic E-state index is 11.4. The Morgan fingerprint density at radius 3 is 1.04 bits per heavy atom. The lowest BCUT2D eigenvalue weighted by Crippen LogP contribution is -2.10. The van der Waals surface area contributed by atoms with Gasteiger partial charge in [0.1, 0.15) is 5.75 Å². The van der Waals surface area contributed by atoms with Crippen LogP contribution in [0.15, 0.2) is 165 Å². The van der Waals surface area contributed by atoms with E-state index in [-0.39, 0.29) is 5.75 Å². The lowest BCUT2D eigenvalue weighted by atomic mass is 10.0. The number of hydrogen-bond acceptors (Lipinski definition) is 5. The maximum Gasteiger partial charge on any atom is 0.125 e. The Bertz CT molecular complexity index is 2140. The number of anilines is 3. The van der Waals surface area contributed by atoms with E-state index in [1.165, 1.54) is 0 Å². The third-order valence-corrected chi connectivity index (χ3v) is 8.29. The molecule has 0 aliphatic heterocycles. The molecule has 50 heavy (non-hydrogen) atoms. The van der Waals surface area contributed by atoms with Crippen molar-refractivity contribution >= 4 is 53.5 Å². The molecule has 0 aliphatic rings. The zero-order chi connectivity index (χ0) is 34.0. The number of hydrogen-bond donors (Lipinski definition) is 1. The van der Waals surface area contributed by atoms with Crippen molar-refractivity contribution in [1.82, 2.24) is 15.0 Å². The average Bonchev–Trinajstić information content (AvgIpc) is 3.18. The molecule has 0 bridgehead atoms. The first-order valence-electron chi connectivity index (χ1n) is 16.4. The van der Waals surface area contributed by atoms with Crippen molar-refractivity contribution in [2.75, 3.05) is 4.90 Å². The van der Waals surface area contributed by atoms with Gasteiger partial charge in [-0.2, -0.15) is 0 Å². The van der Waals surface area contributed by atoms with Crippen molar-refractivity contribution in [2.24, 2.45) is 0 Å². The van der Waals surface area contributed by atoms with Gasteiger partial charge < -0.3 is 10.0 Å². The molecule has 3 aromatic heterocycles. The molecule has 0 atom stereocenters. The summed E-state index contributed by atoms with van der Waals surface area (Å²) in [4.78, 5) is 14.4. The zero-order valence-electron chi connectivity index (χ0n) is 27.3. The van der Waals surface area contributed by atoms with Gasteiger partial charge in [-0.3, -0.25) is 15.0 Å². The number of aromatic nitrogens is 3. The predicted molar refractivity (Wildman–Crippen MR) is 208 cm³/mol. The molecule has 0 amide bonds. The van der Waals surface area contributed by atoms with Gasteiger partial charge in [0.25, 0.3) is 0 Å². The molecule has 4 aromatic carbocycles. The quantitative estimate of drug-likeness (QED) is 0.160. The molecule has 7 rings (SSSR count). The normalized spacial score (nSPS) is 11.4. The van der Waals surface area contributed by atoms with E-state index in [9.17, 15) is 5.11 Å². The van der Waals surface area contributed by atoms with E-state index in [4.69, 9.17) is 0 Å². The molecule has 240 valence electrons. The summed E-state index contributed by atoms with van der Waals surface area (Å²) in [7, 11) is 0. The minimum Gasteiger partial charge on any atom is -0.507 e. The first-order chi connectivity index (χ1) is 24.7. The van der Waals surface area contributed by atoms with E-state index in [1.807, 2.05) is 60.7 Å². The van der Waals surface area contributed by atoms with Crippen LogP contribution >= 0.6 is 0 Å². The van der Waals surface area contributed by atoms with Crippen molar-refractivity contribution in [2.45, 2.75) is 0 Å². The summed E-state index contributed by atoms with van der Waals surface area (Å²) in [6.45, 7) is 0. The van der Waals surface area contributed by atoms with E-state index < -0.39 is 0 Å². The molecule has 5 nitrogen and oxygen atoms in total. The van der Waals surface area contributed by atoms with E-state index in [1.54, 1.807) is 37.2 Å². The van der Waals surface area contributed by atoms with Crippen LogP contribution in [0.3, 0.4) is 0 Å². The van der Waals surface area contributed by atoms with Gasteiger partial charge >= 0.3 is 0 Å². The van der Waals surface area contributed by atoms with Gasteiger partial charge in [0.2, 0.25) is 0 Å². The molecule has 5 heteroatoms. The molecule has 0 fully saturated rings. The van der Waals surface area contributed by atoms with Gasteiger partial charge in [0, 0.05) is 65.9 Å². The summed E-state index contributed by atoms with van der Waals surface area (Å²) >= 11 is 0. The Hall–Kier alpha value is -6.85. The van der Waals surface area contributed by atoms with Crippen LogP contribution in [0.4, 0.5) is 17.1 Å². The Kier molecular flexibility index (Phi) is 9.75. The summed E-state index contributed by atoms with van der Waals surface area (Å²) < 4.78 is 0. The lowest BCUT2D eigenvalue weighted by Gasteiger charge is -2.26. The number of pyridine rings is 3. The highest BCUT2D eigenvalue weighted by Gasteiger charge is 2.15. The number of rotatable bonds is 10. The minimum atomic E-state index is 0.210. The summed E-state index contributed by atoms with van der Waals surface area (Å²) in [5, 5.41) is 11.4. The number of nitrogens with zero attached hydrogens (tertiary/aromatic N) is 4. The fraction of sp³-hybridized carbons (Fsp3) is 0. The van der Waals surface area contributed by atoms with Crippen molar-refractivity contribution < 1.29 is 5.11 Å².